The molecular weight excluding hydrogens is 370 g/mol. The van der Waals surface area contributed by atoms with E-state index in [2.05, 4.69) is 10.6 Å². The van der Waals surface area contributed by atoms with Crippen molar-refractivity contribution in [2.24, 2.45) is 0 Å². The molecule has 1 aliphatic rings. The monoisotopic (exact) mass is 397 g/mol. The summed E-state index contributed by atoms with van der Waals surface area (Å²) in [4.78, 5) is 26.9. The van der Waals surface area contributed by atoms with E-state index in [1.807, 2.05) is 38.1 Å². The molecule has 2 aromatic rings. The van der Waals surface area contributed by atoms with Gasteiger partial charge >= 0.3 is 6.03 Å². The maximum absolute atomic E-state index is 12.8. The Kier molecular flexibility index (Phi) is 7.08. The molecule has 0 radical (unpaired) electrons. The highest BCUT2D eigenvalue weighted by Gasteiger charge is 2.21. The number of carbonyl (C=O) groups is 2. The molecule has 0 spiro atoms. The van der Waals surface area contributed by atoms with Gasteiger partial charge in [0.1, 0.15) is 5.75 Å². The zero-order chi connectivity index (χ0) is 20.6. The lowest BCUT2D eigenvalue weighted by Gasteiger charge is -2.27. The van der Waals surface area contributed by atoms with Crippen LogP contribution in [0.3, 0.4) is 0 Å². The average Bonchev–Trinajstić information content (AvgIpc) is 2.73. The van der Waals surface area contributed by atoms with Crippen LogP contribution in [0.1, 0.15) is 29.8 Å². The fourth-order valence-electron chi connectivity index (χ4n) is 3.07. The molecule has 1 saturated heterocycles. The standard InChI is InChI=1S/C22H27N3O4/c1-16(2)29-18-7-5-6-17(14-18)15-23-22(27)24-20-9-4-3-8-19(20)21(26)25-10-12-28-13-11-25/h3-9,14,16H,10-13,15H2,1-2H3,(H2,23,24,27). The number of nitrogens with zero attached hydrogens (tertiary/aromatic N) is 1. The molecule has 2 N–H and O–H groups in total. The second kappa shape index (κ2) is 9.93. The Morgan fingerprint density at radius 2 is 1.86 bits per heavy atom. The summed E-state index contributed by atoms with van der Waals surface area (Å²) in [5.41, 5.74) is 1.88. The minimum absolute atomic E-state index is 0.0852. The lowest BCUT2D eigenvalue weighted by atomic mass is 10.1. The van der Waals surface area contributed by atoms with Gasteiger partial charge in [0.05, 0.1) is 30.6 Å². The first kappa shape index (κ1) is 20.7. The fraction of sp³-hybridized carbons (Fsp3) is 0.364. The quantitative estimate of drug-likeness (QED) is 0.784. The first-order valence-corrected chi connectivity index (χ1v) is 9.79. The highest BCUT2D eigenvalue weighted by atomic mass is 16.5. The Hall–Kier alpha value is -3.06. The number of carbonyl (C=O) groups excluding carboxylic acids is 2. The highest BCUT2D eigenvalue weighted by molar-refractivity contribution is 6.03. The molecule has 1 fully saturated rings. The van der Waals surface area contributed by atoms with Crippen molar-refractivity contribution in [2.75, 3.05) is 31.6 Å². The molecule has 3 rings (SSSR count). The van der Waals surface area contributed by atoms with E-state index in [-0.39, 0.29) is 18.0 Å². The summed E-state index contributed by atoms with van der Waals surface area (Å²) < 4.78 is 11.0. The highest BCUT2D eigenvalue weighted by Crippen LogP contribution is 2.18. The van der Waals surface area contributed by atoms with Crippen molar-refractivity contribution in [3.8, 4) is 5.75 Å². The maximum Gasteiger partial charge on any atom is 0.319 e. The molecule has 1 heterocycles. The van der Waals surface area contributed by atoms with Crippen molar-refractivity contribution in [3.63, 3.8) is 0 Å². The van der Waals surface area contributed by atoms with Gasteiger partial charge < -0.3 is 25.0 Å². The van der Waals surface area contributed by atoms with E-state index in [4.69, 9.17) is 9.47 Å². The van der Waals surface area contributed by atoms with E-state index in [0.29, 0.717) is 44.1 Å². The largest absolute Gasteiger partial charge is 0.491 e. The van der Waals surface area contributed by atoms with E-state index in [9.17, 15) is 9.59 Å². The zero-order valence-corrected chi connectivity index (χ0v) is 16.8. The number of rotatable bonds is 6. The molecule has 3 amide bonds. The first-order valence-electron chi connectivity index (χ1n) is 9.79. The number of amides is 3. The van der Waals surface area contributed by atoms with Gasteiger partial charge in [-0.2, -0.15) is 0 Å². The van der Waals surface area contributed by atoms with Crippen LogP contribution in [-0.2, 0) is 11.3 Å². The van der Waals surface area contributed by atoms with Crippen LogP contribution < -0.4 is 15.4 Å². The van der Waals surface area contributed by atoms with Crippen LogP contribution in [0.15, 0.2) is 48.5 Å². The van der Waals surface area contributed by atoms with E-state index < -0.39 is 0 Å². The van der Waals surface area contributed by atoms with Gasteiger partial charge in [-0.3, -0.25) is 4.79 Å². The number of hydrogen-bond donors (Lipinski definition) is 2. The topological polar surface area (TPSA) is 79.9 Å². The molecule has 7 nitrogen and oxygen atoms in total. The van der Waals surface area contributed by atoms with Crippen molar-refractivity contribution in [1.82, 2.24) is 10.2 Å². The van der Waals surface area contributed by atoms with Gasteiger partial charge in [0.15, 0.2) is 0 Å². The average molecular weight is 397 g/mol. The molecule has 2 aromatic carbocycles. The molecule has 0 aromatic heterocycles. The minimum Gasteiger partial charge on any atom is -0.491 e. The Balaban J connectivity index is 1.60. The minimum atomic E-state index is -0.373. The third-order valence-corrected chi connectivity index (χ3v) is 4.43. The van der Waals surface area contributed by atoms with Gasteiger partial charge in [0.25, 0.3) is 5.91 Å². The SMILES string of the molecule is CC(C)Oc1cccc(CNC(=O)Nc2ccccc2C(=O)N2CCOCC2)c1. The number of nitrogens with one attached hydrogen (secondary N) is 2. The Labute approximate surface area is 171 Å². The number of anilines is 1. The van der Waals surface area contributed by atoms with Crippen molar-refractivity contribution >= 4 is 17.6 Å². The predicted octanol–water partition coefficient (Wildman–Crippen LogP) is 3.27. The molecule has 0 unspecified atom stereocenters. The van der Waals surface area contributed by atoms with Gasteiger partial charge in [0, 0.05) is 19.6 Å². The smallest absolute Gasteiger partial charge is 0.319 e. The van der Waals surface area contributed by atoms with Crippen molar-refractivity contribution in [1.29, 1.82) is 0 Å². The number of urea groups is 1. The predicted molar refractivity (Wildman–Crippen MR) is 111 cm³/mol. The zero-order valence-electron chi connectivity index (χ0n) is 16.8. The maximum atomic E-state index is 12.8. The lowest BCUT2D eigenvalue weighted by molar-refractivity contribution is 0.0303. The molecule has 0 atom stereocenters. The van der Waals surface area contributed by atoms with Crippen molar-refractivity contribution in [2.45, 2.75) is 26.5 Å². The molecule has 1 aliphatic heterocycles. The number of ether oxygens (including phenoxy) is 2. The van der Waals surface area contributed by atoms with Crippen molar-refractivity contribution in [3.05, 3.63) is 59.7 Å². The summed E-state index contributed by atoms with van der Waals surface area (Å²) in [6.07, 6.45) is 0.0852. The van der Waals surface area contributed by atoms with E-state index >= 15 is 0 Å². The number of para-hydroxylation sites is 1. The number of morpholine rings is 1. The van der Waals surface area contributed by atoms with Crippen LogP contribution in [0.4, 0.5) is 10.5 Å². The van der Waals surface area contributed by atoms with Gasteiger partial charge in [-0.15, -0.1) is 0 Å². The second-order valence-electron chi connectivity index (χ2n) is 7.07. The van der Waals surface area contributed by atoms with Crippen LogP contribution in [0.2, 0.25) is 0 Å². The molecular formula is C22H27N3O4. The van der Waals surface area contributed by atoms with Gasteiger partial charge in [0.2, 0.25) is 0 Å². The van der Waals surface area contributed by atoms with Crippen LogP contribution >= 0.6 is 0 Å². The Morgan fingerprint density at radius 1 is 1.10 bits per heavy atom. The van der Waals surface area contributed by atoms with Gasteiger partial charge in [-0.1, -0.05) is 24.3 Å². The summed E-state index contributed by atoms with van der Waals surface area (Å²) in [5, 5.41) is 5.61. The molecule has 0 bridgehead atoms. The summed E-state index contributed by atoms with van der Waals surface area (Å²) >= 11 is 0. The molecule has 0 aliphatic carbocycles. The Bertz CT molecular complexity index is 847. The van der Waals surface area contributed by atoms with E-state index in [0.717, 1.165) is 11.3 Å². The van der Waals surface area contributed by atoms with Gasteiger partial charge in [-0.25, -0.2) is 4.79 Å². The third-order valence-electron chi connectivity index (χ3n) is 4.43. The number of hydrogen-bond acceptors (Lipinski definition) is 4. The van der Waals surface area contributed by atoms with Crippen LogP contribution in [0.25, 0.3) is 0 Å². The molecule has 29 heavy (non-hydrogen) atoms. The van der Waals surface area contributed by atoms with Gasteiger partial charge in [-0.05, 0) is 43.7 Å². The van der Waals surface area contributed by atoms with Crippen molar-refractivity contribution < 1.29 is 19.1 Å². The van der Waals surface area contributed by atoms with E-state index in [1.165, 1.54) is 0 Å². The molecule has 7 heteroatoms. The lowest BCUT2D eigenvalue weighted by Crippen LogP contribution is -2.41. The second-order valence-corrected chi connectivity index (χ2v) is 7.07. The molecule has 154 valence electrons. The summed E-state index contributed by atoms with van der Waals surface area (Å²) in [6, 6.07) is 14.3. The third kappa shape index (κ3) is 5.96. The van der Waals surface area contributed by atoms with E-state index in [1.54, 1.807) is 29.2 Å². The summed E-state index contributed by atoms with van der Waals surface area (Å²) in [7, 11) is 0. The van der Waals surface area contributed by atoms with Crippen LogP contribution in [0.5, 0.6) is 5.75 Å². The summed E-state index contributed by atoms with van der Waals surface area (Å²) in [6.45, 7) is 6.44. The molecule has 0 saturated carbocycles. The first-order chi connectivity index (χ1) is 14.0. The normalized spacial score (nSPS) is 13.8. The van der Waals surface area contributed by atoms with Crippen LogP contribution in [-0.4, -0.2) is 49.2 Å². The Morgan fingerprint density at radius 3 is 2.62 bits per heavy atom. The fourth-order valence-corrected chi connectivity index (χ4v) is 3.07. The summed E-state index contributed by atoms with van der Waals surface area (Å²) in [5.74, 6) is 0.656. The number of benzene rings is 2. The van der Waals surface area contributed by atoms with Crippen LogP contribution in [0, 0.1) is 0 Å².